The van der Waals surface area contributed by atoms with Crippen molar-refractivity contribution in [1.29, 1.82) is 0 Å². The van der Waals surface area contributed by atoms with Crippen molar-refractivity contribution >= 4 is 17.5 Å². The maximum Gasteiger partial charge on any atom is 0.227 e. The standard InChI is InChI=1S/C20H26N6O/c27-19(11-15-5-1-2-6-15)26-10-4-3-7-18(26)17-8-9-23-20(25-17)24-16-12-21-14-22-13-16/h8-9,12-15,18H,1-7,10-11H2,(H,23,24,25)/t18-/m0/s1. The van der Waals surface area contributed by atoms with E-state index in [1.165, 1.54) is 32.0 Å². The van der Waals surface area contributed by atoms with E-state index in [0.717, 1.165) is 37.2 Å². The van der Waals surface area contributed by atoms with E-state index in [1.807, 2.05) is 6.07 Å². The lowest BCUT2D eigenvalue weighted by atomic mass is 9.96. The van der Waals surface area contributed by atoms with Gasteiger partial charge in [-0.1, -0.05) is 12.8 Å². The van der Waals surface area contributed by atoms with Crippen LogP contribution in [0.2, 0.25) is 0 Å². The number of likely N-dealkylation sites (tertiary alicyclic amines) is 1. The van der Waals surface area contributed by atoms with Gasteiger partial charge in [0.2, 0.25) is 11.9 Å². The number of anilines is 2. The number of amides is 1. The van der Waals surface area contributed by atoms with Crippen LogP contribution in [0.3, 0.4) is 0 Å². The Morgan fingerprint density at radius 1 is 1.11 bits per heavy atom. The SMILES string of the molecule is O=C(CC1CCCC1)N1CCCC[C@H]1c1ccnc(Nc2cncnc2)n1. The molecule has 1 aliphatic carbocycles. The van der Waals surface area contributed by atoms with Crippen molar-refractivity contribution in [2.75, 3.05) is 11.9 Å². The minimum absolute atomic E-state index is 0.0447. The Kier molecular flexibility index (Phi) is 5.55. The van der Waals surface area contributed by atoms with Gasteiger partial charge in [0.15, 0.2) is 0 Å². The molecule has 7 heteroatoms. The van der Waals surface area contributed by atoms with Crippen molar-refractivity contribution in [3.8, 4) is 0 Å². The number of nitrogens with zero attached hydrogens (tertiary/aromatic N) is 5. The molecule has 2 aromatic rings. The van der Waals surface area contributed by atoms with Crippen molar-refractivity contribution < 1.29 is 4.79 Å². The Labute approximate surface area is 159 Å². The molecule has 3 heterocycles. The summed E-state index contributed by atoms with van der Waals surface area (Å²) in [6.45, 7) is 0.829. The minimum Gasteiger partial charge on any atom is -0.334 e. The molecule has 2 aliphatic rings. The summed E-state index contributed by atoms with van der Waals surface area (Å²) in [5.41, 5.74) is 1.65. The third kappa shape index (κ3) is 4.40. The fourth-order valence-corrected chi connectivity index (χ4v) is 4.23. The van der Waals surface area contributed by atoms with Crippen LogP contribution in [0.15, 0.2) is 31.0 Å². The average molecular weight is 366 g/mol. The molecule has 1 amide bonds. The fraction of sp³-hybridized carbons (Fsp3) is 0.550. The average Bonchev–Trinajstić information content (AvgIpc) is 3.22. The monoisotopic (exact) mass is 366 g/mol. The molecule has 0 bridgehead atoms. The fourth-order valence-electron chi connectivity index (χ4n) is 4.23. The van der Waals surface area contributed by atoms with E-state index in [0.29, 0.717) is 18.3 Å². The van der Waals surface area contributed by atoms with E-state index in [9.17, 15) is 4.79 Å². The molecule has 1 saturated carbocycles. The van der Waals surface area contributed by atoms with E-state index >= 15 is 0 Å². The molecular formula is C20H26N6O. The van der Waals surface area contributed by atoms with E-state index in [1.54, 1.807) is 18.6 Å². The molecule has 142 valence electrons. The Balaban J connectivity index is 1.49. The molecule has 2 aromatic heterocycles. The molecule has 7 nitrogen and oxygen atoms in total. The van der Waals surface area contributed by atoms with Crippen molar-refractivity contribution in [2.45, 2.75) is 57.4 Å². The van der Waals surface area contributed by atoms with Gasteiger partial charge in [-0.2, -0.15) is 0 Å². The molecule has 1 aliphatic heterocycles. The zero-order chi connectivity index (χ0) is 18.5. The Bertz CT molecular complexity index is 762. The molecular weight excluding hydrogens is 340 g/mol. The summed E-state index contributed by atoms with van der Waals surface area (Å²) in [4.78, 5) is 32.0. The highest BCUT2D eigenvalue weighted by atomic mass is 16.2. The van der Waals surface area contributed by atoms with Crippen molar-refractivity contribution in [3.63, 3.8) is 0 Å². The first-order chi connectivity index (χ1) is 13.3. The van der Waals surface area contributed by atoms with Gasteiger partial charge in [-0.3, -0.25) is 4.79 Å². The molecule has 1 saturated heterocycles. The van der Waals surface area contributed by atoms with Gasteiger partial charge in [-0.25, -0.2) is 19.9 Å². The summed E-state index contributed by atoms with van der Waals surface area (Å²) in [5, 5.41) is 3.14. The maximum absolute atomic E-state index is 13.0. The van der Waals surface area contributed by atoms with Crippen LogP contribution in [0.5, 0.6) is 0 Å². The molecule has 1 atom stereocenters. The van der Waals surface area contributed by atoms with Gasteiger partial charge in [0, 0.05) is 19.2 Å². The first-order valence-corrected chi connectivity index (χ1v) is 9.94. The highest BCUT2D eigenvalue weighted by Gasteiger charge is 2.31. The first kappa shape index (κ1) is 17.8. The molecule has 0 unspecified atom stereocenters. The lowest BCUT2D eigenvalue weighted by Gasteiger charge is -2.36. The van der Waals surface area contributed by atoms with E-state index in [2.05, 4.69) is 30.2 Å². The number of hydrogen-bond acceptors (Lipinski definition) is 6. The number of nitrogens with one attached hydrogen (secondary N) is 1. The first-order valence-electron chi connectivity index (χ1n) is 9.94. The second-order valence-electron chi connectivity index (χ2n) is 7.51. The molecule has 4 rings (SSSR count). The summed E-state index contributed by atoms with van der Waals surface area (Å²) in [5.74, 6) is 1.37. The molecule has 27 heavy (non-hydrogen) atoms. The third-order valence-electron chi connectivity index (χ3n) is 5.60. The molecule has 2 fully saturated rings. The number of rotatable bonds is 5. The topological polar surface area (TPSA) is 83.9 Å². The van der Waals surface area contributed by atoms with Gasteiger partial charge in [0.25, 0.3) is 0 Å². The molecule has 0 spiro atoms. The van der Waals surface area contributed by atoms with Gasteiger partial charge < -0.3 is 10.2 Å². The predicted octanol–water partition coefficient (Wildman–Crippen LogP) is 3.64. The van der Waals surface area contributed by atoms with Gasteiger partial charge in [0.1, 0.15) is 6.33 Å². The van der Waals surface area contributed by atoms with E-state index < -0.39 is 0 Å². The van der Waals surface area contributed by atoms with Crippen molar-refractivity contribution in [1.82, 2.24) is 24.8 Å². The lowest BCUT2D eigenvalue weighted by Crippen LogP contribution is -2.39. The minimum atomic E-state index is 0.0447. The third-order valence-corrected chi connectivity index (χ3v) is 5.60. The number of hydrogen-bond donors (Lipinski definition) is 1. The van der Waals surface area contributed by atoms with Crippen LogP contribution in [-0.2, 0) is 4.79 Å². The van der Waals surface area contributed by atoms with Gasteiger partial charge >= 0.3 is 0 Å². The summed E-state index contributed by atoms with van der Waals surface area (Å²) in [6, 6.07) is 1.97. The van der Waals surface area contributed by atoms with Crippen LogP contribution < -0.4 is 5.32 Å². The molecule has 1 N–H and O–H groups in total. The number of aromatic nitrogens is 4. The zero-order valence-electron chi connectivity index (χ0n) is 15.5. The quantitative estimate of drug-likeness (QED) is 0.870. The van der Waals surface area contributed by atoms with Crippen LogP contribution in [0.4, 0.5) is 11.6 Å². The highest BCUT2D eigenvalue weighted by Crippen LogP contribution is 2.34. The van der Waals surface area contributed by atoms with Crippen LogP contribution in [-0.4, -0.2) is 37.3 Å². The van der Waals surface area contributed by atoms with Crippen LogP contribution in [0.1, 0.15) is 63.1 Å². The summed E-state index contributed by atoms with van der Waals surface area (Å²) < 4.78 is 0. The Morgan fingerprint density at radius 3 is 2.70 bits per heavy atom. The second kappa shape index (κ2) is 8.41. The lowest BCUT2D eigenvalue weighted by molar-refractivity contribution is -0.136. The summed E-state index contributed by atoms with van der Waals surface area (Å²) >= 11 is 0. The normalized spacial score (nSPS) is 20.6. The summed E-state index contributed by atoms with van der Waals surface area (Å²) in [6.07, 6.45) is 15.4. The highest BCUT2D eigenvalue weighted by molar-refractivity contribution is 5.77. The number of carbonyl (C=O) groups is 1. The molecule has 0 radical (unpaired) electrons. The van der Waals surface area contributed by atoms with Gasteiger partial charge in [-0.05, 0) is 44.1 Å². The summed E-state index contributed by atoms with van der Waals surface area (Å²) in [7, 11) is 0. The van der Waals surface area contributed by atoms with E-state index in [-0.39, 0.29) is 11.9 Å². The molecule has 0 aromatic carbocycles. The zero-order valence-corrected chi connectivity index (χ0v) is 15.5. The number of piperidine rings is 1. The second-order valence-corrected chi connectivity index (χ2v) is 7.51. The smallest absolute Gasteiger partial charge is 0.227 e. The largest absolute Gasteiger partial charge is 0.334 e. The van der Waals surface area contributed by atoms with Gasteiger partial charge in [-0.15, -0.1) is 0 Å². The van der Waals surface area contributed by atoms with Gasteiger partial charge in [0.05, 0.1) is 29.8 Å². The Morgan fingerprint density at radius 2 is 1.89 bits per heavy atom. The maximum atomic E-state index is 13.0. The van der Waals surface area contributed by atoms with Crippen molar-refractivity contribution in [3.05, 3.63) is 36.7 Å². The predicted molar refractivity (Wildman–Crippen MR) is 102 cm³/mol. The van der Waals surface area contributed by atoms with Crippen LogP contribution >= 0.6 is 0 Å². The van der Waals surface area contributed by atoms with Crippen LogP contribution in [0, 0.1) is 5.92 Å². The Hall–Kier alpha value is -2.57. The van der Waals surface area contributed by atoms with E-state index in [4.69, 9.17) is 0 Å². The number of carbonyl (C=O) groups excluding carboxylic acids is 1. The van der Waals surface area contributed by atoms with Crippen molar-refractivity contribution in [2.24, 2.45) is 5.92 Å². The van der Waals surface area contributed by atoms with Crippen LogP contribution in [0.25, 0.3) is 0 Å².